The van der Waals surface area contributed by atoms with Crippen LogP contribution in [0.25, 0.3) is 0 Å². The summed E-state index contributed by atoms with van der Waals surface area (Å²) in [5, 5.41) is 2.52. The number of nitrogens with one attached hydrogen (secondary N) is 1. The summed E-state index contributed by atoms with van der Waals surface area (Å²) in [7, 11) is 1.49. The van der Waals surface area contributed by atoms with Crippen LogP contribution in [0.5, 0.6) is 17.2 Å². The van der Waals surface area contributed by atoms with Crippen LogP contribution in [0, 0.1) is 0 Å². The molecule has 0 saturated heterocycles. The van der Waals surface area contributed by atoms with Gasteiger partial charge in [0, 0.05) is 19.2 Å². The fraction of sp³-hybridized carbons (Fsp3) is 0.364. The standard InChI is InChI=1S/C22H25F3N2O5/c1-3-30-18-7-4-5-8-19(18)31-14-6-9-21(29)27(2)15-20(28)26-16-10-12-17(13-11-16)32-22(23,24)25/h4-5,7-8,10-13H,3,6,9,14-15H2,1-2H3,(H,26,28). The van der Waals surface area contributed by atoms with Crippen molar-refractivity contribution in [2.45, 2.75) is 26.1 Å². The van der Waals surface area contributed by atoms with Gasteiger partial charge in [-0.1, -0.05) is 12.1 Å². The van der Waals surface area contributed by atoms with Gasteiger partial charge in [-0.05, 0) is 49.7 Å². The van der Waals surface area contributed by atoms with Crippen LogP contribution in [0.3, 0.4) is 0 Å². The smallest absolute Gasteiger partial charge is 0.490 e. The molecule has 0 heterocycles. The fourth-order valence-electron chi connectivity index (χ4n) is 2.68. The lowest BCUT2D eigenvalue weighted by molar-refractivity contribution is -0.274. The van der Waals surface area contributed by atoms with E-state index in [0.717, 1.165) is 12.1 Å². The van der Waals surface area contributed by atoms with Gasteiger partial charge < -0.3 is 24.4 Å². The first-order valence-electron chi connectivity index (χ1n) is 9.92. The van der Waals surface area contributed by atoms with E-state index in [1.54, 1.807) is 12.1 Å². The summed E-state index contributed by atoms with van der Waals surface area (Å²) in [5.41, 5.74) is 0.284. The zero-order chi connectivity index (χ0) is 23.6. The SMILES string of the molecule is CCOc1ccccc1OCCCC(=O)N(C)CC(=O)Nc1ccc(OC(F)(F)F)cc1. The van der Waals surface area contributed by atoms with Crippen molar-refractivity contribution in [3.05, 3.63) is 48.5 Å². The molecular formula is C22H25F3N2O5. The minimum Gasteiger partial charge on any atom is -0.490 e. The van der Waals surface area contributed by atoms with Gasteiger partial charge in [-0.15, -0.1) is 13.2 Å². The van der Waals surface area contributed by atoms with Crippen molar-refractivity contribution in [2.75, 3.05) is 32.1 Å². The molecule has 0 atom stereocenters. The first-order chi connectivity index (χ1) is 15.2. The van der Waals surface area contributed by atoms with Crippen LogP contribution >= 0.6 is 0 Å². The number of halogens is 3. The largest absolute Gasteiger partial charge is 0.573 e. The first-order valence-corrected chi connectivity index (χ1v) is 9.92. The van der Waals surface area contributed by atoms with Crippen molar-refractivity contribution in [1.82, 2.24) is 4.90 Å². The Kier molecular flexibility index (Phi) is 9.18. The average Bonchev–Trinajstić information content (AvgIpc) is 2.72. The Morgan fingerprint density at radius 2 is 1.62 bits per heavy atom. The normalized spacial score (nSPS) is 10.9. The Bertz CT molecular complexity index is 888. The predicted octanol–water partition coefficient (Wildman–Crippen LogP) is 4.24. The van der Waals surface area contributed by atoms with Gasteiger partial charge in [0.15, 0.2) is 11.5 Å². The van der Waals surface area contributed by atoms with Gasteiger partial charge in [0.25, 0.3) is 0 Å². The fourth-order valence-corrected chi connectivity index (χ4v) is 2.68. The summed E-state index contributed by atoms with van der Waals surface area (Å²) in [4.78, 5) is 25.6. The number of alkyl halides is 3. The van der Waals surface area contributed by atoms with Gasteiger partial charge in [0.05, 0.1) is 19.8 Å². The highest BCUT2D eigenvalue weighted by molar-refractivity contribution is 5.94. The highest BCUT2D eigenvalue weighted by atomic mass is 19.4. The van der Waals surface area contributed by atoms with Crippen LogP contribution in [0.2, 0.25) is 0 Å². The molecule has 0 aliphatic heterocycles. The lowest BCUT2D eigenvalue weighted by Crippen LogP contribution is -2.35. The summed E-state index contributed by atoms with van der Waals surface area (Å²) >= 11 is 0. The quantitative estimate of drug-likeness (QED) is 0.514. The van der Waals surface area contributed by atoms with E-state index in [1.807, 2.05) is 19.1 Å². The van der Waals surface area contributed by atoms with E-state index in [9.17, 15) is 22.8 Å². The van der Waals surface area contributed by atoms with Crippen molar-refractivity contribution in [2.24, 2.45) is 0 Å². The molecule has 0 spiro atoms. The zero-order valence-electron chi connectivity index (χ0n) is 17.8. The van der Waals surface area contributed by atoms with E-state index < -0.39 is 18.0 Å². The second-order valence-corrected chi connectivity index (χ2v) is 6.70. The van der Waals surface area contributed by atoms with Gasteiger partial charge in [0.1, 0.15) is 5.75 Å². The topological polar surface area (TPSA) is 77.1 Å². The molecule has 2 aromatic rings. The number of hydrogen-bond donors (Lipinski definition) is 1. The molecule has 0 bridgehead atoms. The molecule has 0 radical (unpaired) electrons. The van der Waals surface area contributed by atoms with Crippen LogP contribution in [-0.2, 0) is 9.59 Å². The minimum atomic E-state index is -4.79. The minimum absolute atomic E-state index is 0.185. The van der Waals surface area contributed by atoms with E-state index in [0.29, 0.717) is 31.1 Å². The Morgan fingerprint density at radius 1 is 1.00 bits per heavy atom. The predicted molar refractivity (Wildman–Crippen MR) is 112 cm³/mol. The third-order valence-electron chi connectivity index (χ3n) is 4.12. The Morgan fingerprint density at radius 3 is 2.22 bits per heavy atom. The summed E-state index contributed by atoms with van der Waals surface area (Å²) in [6.07, 6.45) is -4.15. The van der Waals surface area contributed by atoms with Gasteiger partial charge in [-0.25, -0.2) is 0 Å². The molecule has 0 unspecified atom stereocenters. The second kappa shape index (κ2) is 11.8. The van der Waals surface area contributed by atoms with Crippen molar-refractivity contribution in [1.29, 1.82) is 0 Å². The maximum absolute atomic E-state index is 12.2. The van der Waals surface area contributed by atoms with E-state index in [1.165, 1.54) is 24.1 Å². The molecule has 0 aromatic heterocycles. The molecular weight excluding hydrogens is 429 g/mol. The number of carbonyl (C=O) groups excluding carboxylic acids is 2. The summed E-state index contributed by atoms with van der Waals surface area (Å²) in [6.45, 7) is 2.49. The van der Waals surface area contributed by atoms with Crippen molar-refractivity contribution < 1.29 is 37.0 Å². The molecule has 0 aliphatic carbocycles. The van der Waals surface area contributed by atoms with E-state index in [2.05, 4.69) is 10.1 Å². The monoisotopic (exact) mass is 454 g/mol. The van der Waals surface area contributed by atoms with Gasteiger partial charge in [0.2, 0.25) is 11.8 Å². The Hall–Kier alpha value is -3.43. The third kappa shape index (κ3) is 8.75. The molecule has 2 aromatic carbocycles. The summed E-state index contributed by atoms with van der Waals surface area (Å²) < 4.78 is 51.4. The molecule has 1 N–H and O–H groups in total. The van der Waals surface area contributed by atoms with Crippen LogP contribution in [-0.4, -0.2) is 49.9 Å². The zero-order valence-corrected chi connectivity index (χ0v) is 17.8. The van der Waals surface area contributed by atoms with E-state index in [-0.39, 0.29) is 24.6 Å². The van der Waals surface area contributed by atoms with Crippen molar-refractivity contribution in [3.63, 3.8) is 0 Å². The number of para-hydroxylation sites is 2. The van der Waals surface area contributed by atoms with E-state index in [4.69, 9.17) is 9.47 Å². The van der Waals surface area contributed by atoms with Crippen LogP contribution in [0.1, 0.15) is 19.8 Å². The maximum atomic E-state index is 12.2. The Balaban J connectivity index is 1.72. The Labute approximate surface area is 184 Å². The van der Waals surface area contributed by atoms with E-state index >= 15 is 0 Å². The summed E-state index contributed by atoms with van der Waals surface area (Å²) in [5.74, 6) is 0.117. The van der Waals surface area contributed by atoms with Crippen LogP contribution in [0.15, 0.2) is 48.5 Å². The number of hydrogen-bond acceptors (Lipinski definition) is 5. The molecule has 2 amide bonds. The lowest BCUT2D eigenvalue weighted by Gasteiger charge is -2.17. The molecule has 0 saturated carbocycles. The number of amides is 2. The molecule has 2 rings (SSSR count). The number of anilines is 1. The molecule has 10 heteroatoms. The first kappa shape index (κ1) is 24.8. The van der Waals surface area contributed by atoms with Crippen molar-refractivity contribution >= 4 is 17.5 Å². The number of carbonyl (C=O) groups is 2. The van der Waals surface area contributed by atoms with Gasteiger partial charge in [-0.3, -0.25) is 9.59 Å². The molecule has 174 valence electrons. The number of ether oxygens (including phenoxy) is 3. The molecule has 0 fully saturated rings. The van der Waals surface area contributed by atoms with Crippen LogP contribution in [0.4, 0.5) is 18.9 Å². The highest BCUT2D eigenvalue weighted by Crippen LogP contribution is 2.26. The maximum Gasteiger partial charge on any atom is 0.573 e. The van der Waals surface area contributed by atoms with Crippen molar-refractivity contribution in [3.8, 4) is 17.2 Å². The lowest BCUT2D eigenvalue weighted by atomic mass is 10.2. The average molecular weight is 454 g/mol. The number of likely N-dealkylation sites (N-methyl/N-ethyl adjacent to an activating group) is 1. The molecule has 0 aliphatic rings. The van der Waals surface area contributed by atoms with Crippen LogP contribution < -0.4 is 19.5 Å². The third-order valence-corrected chi connectivity index (χ3v) is 4.12. The van der Waals surface area contributed by atoms with Gasteiger partial charge in [-0.2, -0.15) is 0 Å². The summed E-state index contributed by atoms with van der Waals surface area (Å²) in [6, 6.07) is 12.0. The van der Waals surface area contributed by atoms with Gasteiger partial charge >= 0.3 is 6.36 Å². The second-order valence-electron chi connectivity index (χ2n) is 6.70. The number of rotatable bonds is 11. The molecule has 32 heavy (non-hydrogen) atoms. The number of nitrogens with zero attached hydrogens (tertiary/aromatic N) is 1. The number of benzene rings is 2. The molecule has 7 nitrogen and oxygen atoms in total. The highest BCUT2D eigenvalue weighted by Gasteiger charge is 2.31.